The fraction of sp³-hybridized carbons (Fsp3) is 0.231. The van der Waals surface area contributed by atoms with Crippen molar-refractivity contribution in [2.24, 2.45) is 0 Å². The Morgan fingerprint density at radius 2 is 2.05 bits per heavy atom. The van der Waals surface area contributed by atoms with E-state index >= 15 is 0 Å². The summed E-state index contributed by atoms with van der Waals surface area (Å²) in [7, 11) is 0. The Morgan fingerprint density at radius 1 is 1.32 bits per heavy atom. The third-order valence-electron chi connectivity index (χ3n) is 2.99. The number of fused-ring (bicyclic) bond motifs is 1. The van der Waals surface area contributed by atoms with Gasteiger partial charge in [0.05, 0.1) is 23.7 Å². The summed E-state index contributed by atoms with van der Waals surface area (Å²) < 4.78 is 12.8. The molecular weight excluding hydrogens is 248 g/mol. The molecule has 98 valence electrons. The number of pyridine rings is 1. The van der Waals surface area contributed by atoms with Gasteiger partial charge in [-0.3, -0.25) is 10.1 Å². The van der Waals surface area contributed by atoms with E-state index in [2.05, 4.69) is 0 Å². The molecule has 6 heteroatoms. The summed E-state index contributed by atoms with van der Waals surface area (Å²) in [5.74, 6) is 0. The summed E-state index contributed by atoms with van der Waals surface area (Å²) in [6, 6.07) is 5.68. The lowest BCUT2D eigenvalue weighted by Gasteiger charge is -2.09. The van der Waals surface area contributed by atoms with Crippen LogP contribution in [0.15, 0.2) is 36.8 Å². The van der Waals surface area contributed by atoms with Gasteiger partial charge in [-0.15, -0.1) is 0 Å². The van der Waals surface area contributed by atoms with Crippen molar-refractivity contribution in [3.63, 3.8) is 0 Å². The van der Waals surface area contributed by atoms with E-state index in [0.29, 0.717) is 13.2 Å². The van der Waals surface area contributed by atoms with Gasteiger partial charge in [-0.2, -0.15) is 0 Å². The van der Waals surface area contributed by atoms with Crippen LogP contribution in [0.2, 0.25) is 0 Å². The molecule has 0 amide bonds. The number of nitro groups is 1. The SMILES string of the molecule is O=[N+]([O-])/C=C/c1ccn2ccc(C3OCCO3)cc12. The third kappa shape index (κ3) is 2.35. The van der Waals surface area contributed by atoms with Gasteiger partial charge in [0.1, 0.15) is 0 Å². The molecule has 3 rings (SSSR count). The first-order chi connectivity index (χ1) is 9.24. The molecule has 0 saturated carbocycles. The van der Waals surface area contributed by atoms with Crippen LogP contribution in [0.5, 0.6) is 0 Å². The molecule has 1 fully saturated rings. The van der Waals surface area contributed by atoms with Crippen LogP contribution in [-0.4, -0.2) is 22.5 Å². The molecule has 3 heterocycles. The molecule has 2 aromatic rings. The number of aromatic nitrogens is 1. The first kappa shape index (κ1) is 11.9. The third-order valence-corrected chi connectivity index (χ3v) is 2.99. The molecule has 1 saturated heterocycles. The lowest BCUT2D eigenvalue weighted by Crippen LogP contribution is -1.98. The van der Waals surface area contributed by atoms with E-state index in [0.717, 1.165) is 22.8 Å². The molecule has 0 unspecified atom stereocenters. The summed E-state index contributed by atoms with van der Waals surface area (Å²) in [6.07, 6.45) is 5.82. The molecule has 6 nitrogen and oxygen atoms in total. The van der Waals surface area contributed by atoms with Gasteiger partial charge >= 0.3 is 0 Å². The summed E-state index contributed by atoms with van der Waals surface area (Å²) in [6.45, 7) is 1.18. The van der Waals surface area contributed by atoms with Crippen molar-refractivity contribution in [2.75, 3.05) is 13.2 Å². The molecule has 0 N–H and O–H groups in total. The molecule has 2 aromatic heterocycles. The van der Waals surface area contributed by atoms with E-state index in [4.69, 9.17) is 9.47 Å². The molecule has 0 aromatic carbocycles. The average molecular weight is 260 g/mol. The predicted molar refractivity (Wildman–Crippen MR) is 68.1 cm³/mol. The second-order valence-corrected chi connectivity index (χ2v) is 4.20. The highest BCUT2D eigenvalue weighted by molar-refractivity contribution is 5.70. The van der Waals surface area contributed by atoms with Crippen molar-refractivity contribution >= 4 is 11.6 Å². The zero-order chi connectivity index (χ0) is 13.2. The first-order valence-corrected chi connectivity index (χ1v) is 5.89. The van der Waals surface area contributed by atoms with Crippen molar-refractivity contribution in [3.8, 4) is 0 Å². The standard InChI is InChI=1S/C13H12N2O4/c16-15(17)6-3-10-1-4-14-5-2-11(9-12(10)14)13-18-7-8-19-13/h1-6,9,13H,7-8H2/b6-3+. The van der Waals surface area contributed by atoms with Gasteiger partial charge in [0.15, 0.2) is 6.29 Å². The van der Waals surface area contributed by atoms with E-state index in [9.17, 15) is 10.1 Å². The summed E-state index contributed by atoms with van der Waals surface area (Å²) in [5.41, 5.74) is 2.59. The Kier molecular flexibility index (Phi) is 3.02. The fourth-order valence-corrected chi connectivity index (χ4v) is 2.12. The minimum absolute atomic E-state index is 0.341. The largest absolute Gasteiger partial charge is 0.346 e. The molecule has 19 heavy (non-hydrogen) atoms. The highest BCUT2D eigenvalue weighted by Crippen LogP contribution is 2.25. The van der Waals surface area contributed by atoms with E-state index < -0.39 is 4.92 Å². The Morgan fingerprint density at radius 3 is 2.79 bits per heavy atom. The van der Waals surface area contributed by atoms with Crippen LogP contribution >= 0.6 is 0 Å². The van der Waals surface area contributed by atoms with Crippen molar-refractivity contribution in [2.45, 2.75) is 6.29 Å². The Hall–Kier alpha value is -2.18. The number of hydrogen-bond donors (Lipinski definition) is 0. The monoisotopic (exact) mass is 260 g/mol. The summed E-state index contributed by atoms with van der Waals surface area (Å²) >= 11 is 0. The highest BCUT2D eigenvalue weighted by atomic mass is 16.7. The molecule has 0 aliphatic carbocycles. The zero-order valence-electron chi connectivity index (χ0n) is 10.1. The maximum atomic E-state index is 10.4. The number of ether oxygens (including phenoxy) is 2. The van der Waals surface area contributed by atoms with E-state index in [1.54, 1.807) is 0 Å². The number of nitrogens with zero attached hydrogens (tertiary/aromatic N) is 2. The molecular formula is C13H12N2O4. The lowest BCUT2D eigenvalue weighted by atomic mass is 10.2. The van der Waals surface area contributed by atoms with Gasteiger partial charge < -0.3 is 13.9 Å². The number of hydrogen-bond acceptors (Lipinski definition) is 4. The van der Waals surface area contributed by atoms with Crippen LogP contribution in [0.4, 0.5) is 0 Å². The van der Waals surface area contributed by atoms with E-state index in [1.807, 2.05) is 35.0 Å². The Balaban J connectivity index is 2.00. The molecule has 1 aliphatic rings. The molecule has 0 spiro atoms. The van der Waals surface area contributed by atoms with E-state index in [-0.39, 0.29) is 6.29 Å². The van der Waals surface area contributed by atoms with Crippen LogP contribution in [-0.2, 0) is 9.47 Å². The van der Waals surface area contributed by atoms with Gasteiger partial charge in [0.2, 0.25) is 6.20 Å². The normalized spacial score (nSPS) is 16.6. The van der Waals surface area contributed by atoms with Crippen molar-refractivity contribution in [1.29, 1.82) is 0 Å². The summed E-state index contributed by atoms with van der Waals surface area (Å²) in [5, 5.41) is 10.4. The smallest absolute Gasteiger partial charge is 0.235 e. The molecule has 0 bridgehead atoms. The van der Waals surface area contributed by atoms with E-state index in [1.165, 1.54) is 6.08 Å². The van der Waals surface area contributed by atoms with Gasteiger partial charge in [0.25, 0.3) is 0 Å². The van der Waals surface area contributed by atoms with Crippen molar-refractivity contribution < 1.29 is 14.4 Å². The van der Waals surface area contributed by atoms with Crippen LogP contribution in [0.3, 0.4) is 0 Å². The molecule has 0 atom stereocenters. The van der Waals surface area contributed by atoms with Crippen LogP contribution in [0.1, 0.15) is 17.4 Å². The second kappa shape index (κ2) is 4.83. The van der Waals surface area contributed by atoms with Gasteiger partial charge in [-0.25, -0.2) is 0 Å². The first-order valence-electron chi connectivity index (χ1n) is 5.89. The lowest BCUT2D eigenvalue weighted by molar-refractivity contribution is -0.400. The fourth-order valence-electron chi connectivity index (χ4n) is 2.12. The average Bonchev–Trinajstić information content (AvgIpc) is 3.05. The van der Waals surface area contributed by atoms with Gasteiger partial charge in [-0.05, 0) is 18.2 Å². The highest BCUT2D eigenvalue weighted by Gasteiger charge is 2.18. The van der Waals surface area contributed by atoms with Gasteiger partial charge in [0, 0.05) is 29.6 Å². The molecule has 1 aliphatic heterocycles. The zero-order valence-corrected chi connectivity index (χ0v) is 10.1. The minimum Gasteiger partial charge on any atom is -0.346 e. The minimum atomic E-state index is -0.476. The van der Waals surface area contributed by atoms with Crippen LogP contribution < -0.4 is 0 Å². The summed E-state index contributed by atoms with van der Waals surface area (Å²) in [4.78, 5) is 9.90. The van der Waals surface area contributed by atoms with Crippen molar-refractivity contribution in [1.82, 2.24) is 4.40 Å². The Bertz CT molecular complexity index is 641. The predicted octanol–water partition coefficient (Wildman–Crippen LogP) is 2.23. The maximum Gasteiger partial charge on any atom is 0.235 e. The maximum absolute atomic E-state index is 10.4. The topological polar surface area (TPSA) is 66.0 Å². The van der Waals surface area contributed by atoms with Crippen molar-refractivity contribution in [3.05, 3.63) is 58.0 Å². The van der Waals surface area contributed by atoms with Crippen LogP contribution in [0, 0.1) is 10.1 Å². The van der Waals surface area contributed by atoms with Gasteiger partial charge in [-0.1, -0.05) is 0 Å². The quantitative estimate of drug-likeness (QED) is 0.627. The van der Waals surface area contributed by atoms with Crippen LogP contribution in [0.25, 0.3) is 11.6 Å². The molecule has 0 radical (unpaired) electrons. The Labute approximate surface area is 109 Å². The second-order valence-electron chi connectivity index (χ2n) is 4.20. The number of rotatable bonds is 3.